The molecular weight excluding hydrogens is 206 g/mol. The monoisotopic (exact) mass is 221 g/mol. The zero-order valence-corrected chi connectivity index (χ0v) is 9.54. The molecule has 2 rings (SSSR count). The van der Waals surface area contributed by atoms with E-state index in [1.54, 1.807) is 0 Å². The smallest absolute Gasteiger partial charge is 0.271 e. The number of hydrogen-bond donors (Lipinski definition) is 1. The van der Waals surface area contributed by atoms with Gasteiger partial charge in [0.2, 0.25) is 0 Å². The minimum absolute atomic E-state index is 0.118. The molecule has 86 valence electrons. The van der Waals surface area contributed by atoms with Crippen molar-refractivity contribution in [3.05, 3.63) is 23.8 Å². The van der Waals surface area contributed by atoms with Gasteiger partial charge in [-0.1, -0.05) is 6.58 Å². The molecule has 1 N–H and O–H groups in total. The summed E-state index contributed by atoms with van der Waals surface area (Å²) in [6, 6.07) is 0. The number of fused-ring (bicyclic) bond motifs is 1. The number of nitrogens with zero attached hydrogens (tertiary/aromatic N) is 2. The van der Waals surface area contributed by atoms with Crippen LogP contribution < -0.4 is 5.32 Å². The average molecular weight is 221 g/mol. The Morgan fingerprint density at radius 2 is 2.44 bits per heavy atom. The van der Waals surface area contributed by atoms with Crippen LogP contribution in [0.15, 0.2) is 6.58 Å². The lowest BCUT2D eigenvalue weighted by Crippen LogP contribution is -2.32. The molecule has 0 fully saturated rings. The molecule has 0 radical (unpaired) electrons. The summed E-state index contributed by atoms with van der Waals surface area (Å²) in [7, 11) is 1.88. The summed E-state index contributed by atoms with van der Waals surface area (Å²) in [5.74, 6) is 1.02. The summed E-state index contributed by atoms with van der Waals surface area (Å²) in [5.41, 5.74) is 1.43. The predicted octanol–water partition coefficient (Wildman–Crippen LogP) is 0.713. The van der Waals surface area contributed by atoms with Crippen molar-refractivity contribution in [2.24, 2.45) is 7.05 Å². The van der Waals surface area contributed by atoms with Crippen LogP contribution in [0.3, 0.4) is 0 Å². The molecule has 1 aromatic heterocycles. The Morgan fingerprint density at radius 3 is 3.06 bits per heavy atom. The van der Waals surface area contributed by atoms with Crippen molar-refractivity contribution in [2.45, 2.75) is 13.3 Å². The van der Waals surface area contributed by atoms with Gasteiger partial charge in [-0.3, -0.25) is 4.79 Å². The summed E-state index contributed by atoms with van der Waals surface area (Å²) in [6.45, 7) is 6.90. The number of carbonyl (C=O) groups is 1. The largest absolute Gasteiger partial charge is 0.491 e. The molecule has 0 unspecified atom stereocenters. The number of aromatic nitrogens is 2. The van der Waals surface area contributed by atoms with Crippen LogP contribution in [-0.2, 0) is 18.2 Å². The lowest BCUT2D eigenvalue weighted by atomic mass is 10.2. The van der Waals surface area contributed by atoms with Crippen LogP contribution >= 0.6 is 0 Å². The van der Waals surface area contributed by atoms with Crippen molar-refractivity contribution in [3.63, 3.8) is 0 Å². The predicted molar refractivity (Wildman–Crippen MR) is 59.9 cm³/mol. The first-order valence-corrected chi connectivity index (χ1v) is 5.31. The summed E-state index contributed by atoms with van der Waals surface area (Å²) < 4.78 is 7.19. The number of imidazole rings is 1. The third kappa shape index (κ3) is 1.58. The van der Waals surface area contributed by atoms with E-state index < -0.39 is 0 Å². The molecule has 0 aromatic carbocycles. The highest BCUT2D eigenvalue weighted by molar-refractivity contribution is 5.94. The van der Waals surface area contributed by atoms with Crippen molar-refractivity contribution >= 4 is 11.7 Å². The molecule has 1 aliphatic heterocycles. The van der Waals surface area contributed by atoms with Gasteiger partial charge in [-0.25, -0.2) is 4.98 Å². The van der Waals surface area contributed by atoms with Crippen LogP contribution in [0.2, 0.25) is 0 Å². The SMILES string of the molecule is C=C(OCC)c1nc2c(n1C)CCNC2=O. The van der Waals surface area contributed by atoms with Gasteiger partial charge in [0.25, 0.3) is 5.91 Å². The van der Waals surface area contributed by atoms with E-state index in [1.165, 1.54) is 0 Å². The zero-order valence-electron chi connectivity index (χ0n) is 9.54. The Morgan fingerprint density at radius 1 is 1.69 bits per heavy atom. The molecule has 1 amide bonds. The first kappa shape index (κ1) is 10.7. The maximum absolute atomic E-state index is 11.6. The minimum atomic E-state index is -0.118. The van der Waals surface area contributed by atoms with Crippen LogP contribution in [0.5, 0.6) is 0 Å². The first-order chi connectivity index (χ1) is 7.65. The van der Waals surface area contributed by atoms with E-state index in [0.717, 1.165) is 12.1 Å². The molecule has 0 bridgehead atoms. The van der Waals surface area contributed by atoms with Crippen molar-refractivity contribution in [1.82, 2.24) is 14.9 Å². The van der Waals surface area contributed by atoms with Crippen LogP contribution in [0.4, 0.5) is 0 Å². The van der Waals surface area contributed by atoms with Crippen molar-refractivity contribution in [2.75, 3.05) is 13.2 Å². The Kier molecular flexibility index (Phi) is 2.68. The Labute approximate surface area is 94.1 Å². The molecule has 0 saturated heterocycles. The number of ether oxygens (including phenoxy) is 1. The van der Waals surface area contributed by atoms with Gasteiger partial charge in [-0.2, -0.15) is 0 Å². The third-order valence-electron chi connectivity index (χ3n) is 2.64. The molecule has 0 saturated carbocycles. The van der Waals surface area contributed by atoms with Crippen LogP contribution in [-0.4, -0.2) is 28.6 Å². The standard InChI is InChI=1S/C11H15N3O2/c1-4-16-7(2)10-13-9-8(14(10)3)5-6-12-11(9)15/h2,4-6H2,1,3H3,(H,12,15). The van der Waals surface area contributed by atoms with E-state index in [1.807, 2.05) is 18.5 Å². The normalized spacial score (nSPS) is 14.2. The molecule has 5 nitrogen and oxygen atoms in total. The summed E-state index contributed by atoms with van der Waals surface area (Å²) in [5, 5.41) is 2.76. The summed E-state index contributed by atoms with van der Waals surface area (Å²) >= 11 is 0. The van der Waals surface area contributed by atoms with Crippen molar-refractivity contribution < 1.29 is 9.53 Å². The Balaban J connectivity index is 2.42. The maximum atomic E-state index is 11.6. The van der Waals surface area contributed by atoms with E-state index in [4.69, 9.17) is 4.74 Å². The highest BCUT2D eigenvalue weighted by Crippen LogP contribution is 2.19. The van der Waals surface area contributed by atoms with Gasteiger partial charge >= 0.3 is 0 Å². The summed E-state index contributed by atoms with van der Waals surface area (Å²) in [6.07, 6.45) is 0.796. The molecule has 1 aromatic rings. The minimum Gasteiger partial charge on any atom is -0.491 e. The number of nitrogens with one attached hydrogen (secondary N) is 1. The van der Waals surface area contributed by atoms with Gasteiger partial charge in [-0.15, -0.1) is 0 Å². The van der Waals surface area contributed by atoms with Gasteiger partial charge in [0.1, 0.15) is 5.69 Å². The van der Waals surface area contributed by atoms with E-state index in [9.17, 15) is 4.79 Å². The second-order valence-electron chi connectivity index (χ2n) is 3.65. The average Bonchev–Trinajstić information content (AvgIpc) is 2.59. The van der Waals surface area contributed by atoms with Crippen molar-refractivity contribution in [1.29, 1.82) is 0 Å². The second kappa shape index (κ2) is 4.00. The number of hydrogen-bond acceptors (Lipinski definition) is 3. The number of rotatable bonds is 3. The third-order valence-corrected chi connectivity index (χ3v) is 2.64. The van der Waals surface area contributed by atoms with E-state index in [2.05, 4.69) is 16.9 Å². The maximum Gasteiger partial charge on any atom is 0.271 e. The van der Waals surface area contributed by atoms with Gasteiger partial charge in [0.15, 0.2) is 11.6 Å². The van der Waals surface area contributed by atoms with Gasteiger partial charge in [-0.05, 0) is 6.92 Å². The highest BCUT2D eigenvalue weighted by Gasteiger charge is 2.25. The Bertz CT molecular complexity index is 448. The molecular formula is C11H15N3O2. The van der Waals surface area contributed by atoms with Gasteiger partial charge in [0.05, 0.1) is 12.3 Å². The fourth-order valence-corrected chi connectivity index (χ4v) is 1.87. The molecule has 16 heavy (non-hydrogen) atoms. The molecule has 5 heteroatoms. The topological polar surface area (TPSA) is 56.1 Å². The molecule has 1 aliphatic rings. The zero-order chi connectivity index (χ0) is 11.7. The Hall–Kier alpha value is -1.78. The number of carbonyl (C=O) groups excluding carboxylic acids is 1. The van der Waals surface area contributed by atoms with E-state index in [0.29, 0.717) is 30.4 Å². The highest BCUT2D eigenvalue weighted by atomic mass is 16.5. The van der Waals surface area contributed by atoms with Gasteiger partial charge < -0.3 is 14.6 Å². The quantitative estimate of drug-likeness (QED) is 0.765. The number of amides is 1. The lowest BCUT2D eigenvalue weighted by molar-refractivity contribution is 0.0940. The molecule has 0 spiro atoms. The van der Waals surface area contributed by atoms with Crippen LogP contribution in [0.25, 0.3) is 5.76 Å². The van der Waals surface area contributed by atoms with Crippen molar-refractivity contribution in [3.8, 4) is 0 Å². The van der Waals surface area contributed by atoms with Gasteiger partial charge in [0, 0.05) is 20.0 Å². The first-order valence-electron chi connectivity index (χ1n) is 5.31. The molecule has 0 atom stereocenters. The van der Waals surface area contributed by atoms with E-state index >= 15 is 0 Å². The van der Waals surface area contributed by atoms with Crippen LogP contribution in [0.1, 0.15) is 28.9 Å². The second-order valence-corrected chi connectivity index (χ2v) is 3.65. The molecule has 0 aliphatic carbocycles. The fraction of sp³-hybridized carbons (Fsp3) is 0.455. The fourth-order valence-electron chi connectivity index (χ4n) is 1.87. The van der Waals surface area contributed by atoms with E-state index in [-0.39, 0.29) is 5.91 Å². The summed E-state index contributed by atoms with van der Waals surface area (Å²) in [4.78, 5) is 15.9. The molecule has 2 heterocycles. The lowest BCUT2D eigenvalue weighted by Gasteiger charge is -2.12. The van der Waals surface area contributed by atoms with Crippen LogP contribution in [0, 0.1) is 0 Å².